The van der Waals surface area contributed by atoms with Crippen molar-refractivity contribution in [1.29, 1.82) is 0 Å². The molecule has 2 unspecified atom stereocenters. The topological polar surface area (TPSA) is 78.9 Å². The molecule has 0 amide bonds. The highest BCUT2D eigenvalue weighted by Crippen LogP contribution is 2.19. The van der Waals surface area contributed by atoms with Crippen LogP contribution < -0.4 is 0 Å². The summed E-state index contributed by atoms with van der Waals surface area (Å²) in [6, 6.07) is 0. The maximum atomic E-state index is 12.9. The van der Waals surface area contributed by atoms with Gasteiger partial charge in [-0.3, -0.25) is 14.4 Å². The predicted octanol–water partition coefficient (Wildman–Crippen LogP) is 19.1. The average Bonchev–Trinajstić information content (AvgIpc) is 3.29. The van der Waals surface area contributed by atoms with E-state index in [2.05, 4.69) is 41.5 Å². The fourth-order valence-corrected chi connectivity index (χ4v) is 8.93. The highest BCUT2D eigenvalue weighted by Gasteiger charge is 2.19. The molecule has 6 nitrogen and oxygen atoms in total. The average molecular weight is 920 g/mol. The molecule has 0 aliphatic heterocycles. The molecule has 65 heavy (non-hydrogen) atoms. The van der Waals surface area contributed by atoms with Crippen LogP contribution in [0.4, 0.5) is 0 Å². The van der Waals surface area contributed by atoms with E-state index in [1.165, 1.54) is 205 Å². The van der Waals surface area contributed by atoms with Crippen molar-refractivity contribution >= 4 is 17.9 Å². The summed E-state index contributed by atoms with van der Waals surface area (Å²) in [5.41, 5.74) is 0. The smallest absolute Gasteiger partial charge is 0.306 e. The monoisotopic (exact) mass is 919 g/mol. The Labute approximate surface area is 406 Å². The lowest BCUT2D eigenvalue weighted by Crippen LogP contribution is -2.30. The highest BCUT2D eigenvalue weighted by molar-refractivity contribution is 5.71. The van der Waals surface area contributed by atoms with Gasteiger partial charge >= 0.3 is 17.9 Å². The van der Waals surface area contributed by atoms with E-state index in [9.17, 15) is 14.4 Å². The Morgan fingerprint density at radius 2 is 0.538 bits per heavy atom. The van der Waals surface area contributed by atoms with Crippen molar-refractivity contribution in [3.05, 3.63) is 0 Å². The van der Waals surface area contributed by atoms with Gasteiger partial charge in [0, 0.05) is 19.3 Å². The van der Waals surface area contributed by atoms with Crippen molar-refractivity contribution in [2.75, 3.05) is 13.2 Å². The highest BCUT2D eigenvalue weighted by atomic mass is 16.6. The SMILES string of the molecule is CCC(C)CCCCCCCCCCCCC(=O)OC[C@H](COC(=O)CCCCCCCCCCC(C)CC)OC(=O)CCCCCCCCCCCCCCCCCCCCC(C)C. The Morgan fingerprint density at radius 3 is 0.800 bits per heavy atom. The van der Waals surface area contributed by atoms with Crippen LogP contribution >= 0.6 is 0 Å². The second kappa shape index (κ2) is 50.3. The lowest BCUT2D eigenvalue weighted by Gasteiger charge is -2.18. The van der Waals surface area contributed by atoms with Gasteiger partial charge in [0.1, 0.15) is 13.2 Å². The summed E-state index contributed by atoms with van der Waals surface area (Å²) in [4.78, 5) is 38.1. The Kier molecular flexibility index (Phi) is 49.1. The van der Waals surface area contributed by atoms with Gasteiger partial charge in [-0.05, 0) is 37.0 Å². The molecule has 0 N–H and O–H groups in total. The molecule has 6 heteroatoms. The first kappa shape index (κ1) is 63.4. The van der Waals surface area contributed by atoms with Crippen LogP contribution in [-0.2, 0) is 28.6 Å². The van der Waals surface area contributed by atoms with Crippen LogP contribution in [-0.4, -0.2) is 37.2 Å². The molecule has 0 aliphatic carbocycles. The summed E-state index contributed by atoms with van der Waals surface area (Å²) in [5, 5.41) is 0. The van der Waals surface area contributed by atoms with E-state index < -0.39 is 6.10 Å². The third-order valence-corrected chi connectivity index (χ3v) is 14.1. The molecule has 0 bridgehead atoms. The minimum Gasteiger partial charge on any atom is -0.462 e. The second-order valence-corrected chi connectivity index (χ2v) is 21.2. The molecule has 0 saturated heterocycles. The minimum atomic E-state index is -0.764. The van der Waals surface area contributed by atoms with Crippen LogP contribution in [0.15, 0.2) is 0 Å². The summed E-state index contributed by atoms with van der Waals surface area (Å²) in [5.74, 6) is 1.73. The first-order chi connectivity index (χ1) is 31.7. The van der Waals surface area contributed by atoms with Gasteiger partial charge in [0.2, 0.25) is 0 Å². The molecular weight excluding hydrogens is 805 g/mol. The molecular formula is C59H114O6. The van der Waals surface area contributed by atoms with Gasteiger partial charge in [0.25, 0.3) is 0 Å². The number of rotatable bonds is 52. The first-order valence-electron chi connectivity index (χ1n) is 29.2. The number of hydrogen-bond donors (Lipinski definition) is 0. The fourth-order valence-electron chi connectivity index (χ4n) is 8.93. The van der Waals surface area contributed by atoms with Gasteiger partial charge in [-0.2, -0.15) is 0 Å². The maximum Gasteiger partial charge on any atom is 0.306 e. The third kappa shape index (κ3) is 50.1. The normalized spacial score (nSPS) is 13.0. The zero-order valence-corrected chi connectivity index (χ0v) is 44.8. The van der Waals surface area contributed by atoms with E-state index in [0.717, 1.165) is 75.5 Å². The van der Waals surface area contributed by atoms with E-state index in [1.54, 1.807) is 0 Å². The summed E-state index contributed by atoms with van der Waals surface area (Å²) in [7, 11) is 0. The Balaban J connectivity index is 4.27. The minimum absolute atomic E-state index is 0.0641. The number of esters is 3. The Morgan fingerprint density at radius 1 is 0.308 bits per heavy atom. The van der Waals surface area contributed by atoms with Crippen LogP contribution in [0, 0.1) is 17.8 Å². The van der Waals surface area contributed by atoms with E-state index in [-0.39, 0.29) is 31.1 Å². The molecule has 0 radical (unpaired) electrons. The molecule has 3 atom stereocenters. The molecule has 386 valence electrons. The molecule has 0 fully saturated rings. The molecule has 0 saturated carbocycles. The van der Waals surface area contributed by atoms with Crippen molar-refractivity contribution in [2.24, 2.45) is 17.8 Å². The van der Waals surface area contributed by atoms with Gasteiger partial charge in [-0.15, -0.1) is 0 Å². The zero-order valence-electron chi connectivity index (χ0n) is 44.8. The first-order valence-corrected chi connectivity index (χ1v) is 29.2. The molecule has 0 aromatic carbocycles. The van der Waals surface area contributed by atoms with Crippen LogP contribution in [0.5, 0.6) is 0 Å². The Hall–Kier alpha value is -1.59. The molecule has 0 spiro atoms. The predicted molar refractivity (Wildman–Crippen MR) is 279 cm³/mol. The third-order valence-electron chi connectivity index (χ3n) is 14.1. The number of unbranched alkanes of at least 4 members (excludes halogenated alkanes) is 33. The summed E-state index contributed by atoms with van der Waals surface area (Å²) in [6.07, 6.45) is 52.3. The number of ether oxygens (including phenoxy) is 3. The molecule has 0 aliphatic rings. The molecule has 0 rings (SSSR count). The fraction of sp³-hybridized carbons (Fsp3) is 0.949. The maximum absolute atomic E-state index is 12.9. The van der Waals surface area contributed by atoms with Crippen molar-refractivity contribution < 1.29 is 28.6 Å². The Bertz CT molecular complexity index is 1010. The van der Waals surface area contributed by atoms with Crippen LogP contribution in [0.3, 0.4) is 0 Å². The molecule has 0 heterocycles. The van der Waals surface area contributed by atoms with E-state index in [1.807, 2.05) is 0 Å². The lowest BCUT2D eigenvalue weighted by molar-refractivity contribution is -0.167. The summed E-state index contributed by atoms with van der Waals surface area (Å²) < 4.78 is 16.9. The zero-order chi connectivity index (χ0) is 47.7. The van der Waals surface area contributed by atoms with Crippen molar-refractivity contribution in [1.82, 2.24) is 0 Å². The van der Waals surface area contributed by atoms with Gasteiger partial charge in [-0.25, -0.2) is 0 Å². The van der Waals surface area contributed by atoms with Gasteiger partial charge in [0.15, 0.2) is 6.10 Å². The van der Waals surface area contributed by atoms with Gasteiger partial charge < -0.3 is 14.2 Å². The second-order valence-electron chi connectivity index (χ2n) is 21.2. The van der Waals surface area contributed by atoms with Crippen molar-refractivity contribution in [2.45, 2.75) is 330 Å². The van der Waals surface area contributed by atoms with E-state index in [0.29, 0.717) is 19.3 Å². The number of hydrogen-bond acceptors (Lipinski definition) is 6. The number of carbonyl (C=O) groups is 3. The van der Waals surface area contributed by atoms with E-state index >= 15 is 0 Å². The summed E-state index contributed by atoms with van der Waals surface area (Å²) in [6.45, 7) is 13.8. The standard InChI is InChI=1S/C59H114O6/c1-7-54(5)46-40-34-28-22-19-20-23-30-36-42-48-57(60)63-51-56(52-64-58(61)49-43-37-31-26-25-29-35-41-47-55(6)8-2)65-59(62)50-44-38-32-24-18-16-14-12-10-9-11-13-15-17-21-27-33-39-45-53(3)4/h53-56H,7-52H2,1-6H3/t54?,55?,56-/m1/s1. The van der Waals surface area contributed by atoms with Gasteiger partial charge in [-0.1, -0.05) is 286 Å². The largest absolute Gasteiger partial charge is 0.462 e. The molecule has 0 aromatic heterocycles. The lowest BCUT2D eigenvalue weighted by atomic mass is 9.99. The molecule has 0 aromatic rings. The quantitative estimate of drug-likeness (QED) is 0.0344. The van der Waals surface area contributed by atoms with Crippen LogP contribution in [0.25, 0.3) is 0 Å². The van der Waals surface area contributed by atoms with Crippen molar-refractivity contribution in [3.63, 3.8) is 0 Å². The van der Waals surface area contributed by atoms with Crippen LogP contribution in [0.2, 0.25) is 0 Å². The summed E-state index contributed by atoms with van der Waals surface area (Å²) >= 11 is 0. The number of carbonyl (C=O) groups excluding carboxylic acids is 3. The van der Waals surface area contributed by atoms with Crippen molar-refractivity contribution in [3.8, 4) is 0 Å². The van der Waals surface area contributed by atoms with E-state index in [4.69, 9.17) is 14.2 Å². The van der Waals surface area contributed by atoms with Crippen LogP contribution in [0.1, 0.15) is 324 Å². The van der Waals surface area contributed by atoms with Gasteiger partial charge in [0.05, 0.1) is 0 Å².